The molecule has 170 valence electrons. The van der Waals surface area contributed by atoms with Crippen molar-refractivity contribution in [1.29, 1.82) is 0 Å². The number of halogens is 4. The van der Waals surface area contributed by atoms with E-state index in [2.05, 4.69) is 31.0 Å². The molecule has 0 bridgehead atoms. The molecule has 1 fully saturated rings. The van der Waals surface area contributed by atoms with Gasteiger partial charge in [-0.1, -0.05) is 28.1 Å². The predicted molar refractivity (Wildman–Crippen MR) is 114 cm³/mol. The van der Waals surface area contributed by atoms with Crippen LogP contribution in [0.4, 0.5) is 19.0 Å². The van der Waals surface area contributed by atoms with Crippen LogP contribution in [0.3, 0.4) is 0 Å². The Labute approximate surface area is 187 Å². The third kappa shape index (κ3) is 6.64. The summed E-state index contributed by atoms with van der Waals surface area (Å²) in [6, 6.07) is 8.81. The summed E-state index contributed by atoms with van der Waals surface area (Å²) in [6.45, 7) is 1.93. The fraction of sp³-hybridized carbons (Fsp3) is 0.450. The van der Waals surface area contributed by atoms with Crippen molar-refractivity contribution >= 4 is 31.8 Å². The second-order valence-electron chi connectivity index (χ2n) is 7.39. The van der Waals surface area contributed by atoms with Crippen molar-refractivity contribution in [3.8, 4) is 0 Å². The monoisotopic (exact) mass is 521 g/mol. The van der Waals surface area contributed by atoms with Crippen molar-refractivity contribution in [3.63, 3.8) is 0 Å². The molecule has 1 aromatic heterocycles. The molecule has 6 nitrogen and oxygen atoms in total. The van der Waals surface area contributed by atoms with Crippen LogP contribution >= 0.6 is 15.9 Å². The minimum absolute atomic E-state index is 0.0306. The lowest BCUT2D eigenvalue weighted by Crippen LogP contribution is -2.41. The van der Waals surface area contributed by atoms with Crippen LogP contribution in [-0.2, 0) is 21.3 Å². The molecule has 0 aliphatic carbocycles. The maximum absolute atomic E-state index is 12.9. The molecule has 2 heterocycles. The van der Waals surface area contributed by atoms with Gasteiger partial charge in [-0.15, -0.1) is 0 Å². The number of aromatic nitrogens is 1. The van der Waals surface area contributed by atoms with Gasteiger partial charge in [-0.2, -0.15) is 13.2 Å². The minimum atomic E-state index is -4.37. The van der Waals surface area contributed by atoms with E-state index < -0.39 is 28.4 Å². The third-order valence-electron chi connectivity index (χ3n) is 4.96. The fourth-order valence-electron chi connectivity index (χ4n) is 3.29. The first-order valence-electron chi connectivity index (χ1n) is 9.71. The van der Waals surface area contributed by atoms with Crippen LogP contribution in [-0.4, -0.2) is 38.3 Å². The van der Waals surface area contributed by atoms with Gasteiger partial charge >= 0.3 is 6.18 Å². The quantitative estimate of drug-likeness (QED) is 0.558. The van der Waals surface area contributed by atoms with E-state index in [1.165, 1.54) is 6.20 Å². The molecule has 3 rings (SSSR count). The molecule has 0 amide bonds. The lowest BCUT2D eigenvalue weighted by atomic mass is 10.0. The van der Waals surface area contributed by atoms with Gasteiger partial charge in [0.15, 0.2) is 6.10 Å². The average molecular weight is 522 g/mol. The van der Waals surface area contributed by atoms with Crippen LogP contribution < -0.4 is 10.0 Å². The van der Waals surface area contributed by atoms with Crippen LogP contribution in [0, 0.1) is 6.92 Å². The van der Waals surface area contributed by atoms with Crippen molar-refractivity contribution < 1.29 is 26.3 Å². The maximum Gasteiger partial charge on any atom is 0.414 e. The first kappa shape index (κ1) is 24.0. The molecule has 1 aliphatic rings. The summed E-state index contributed by atoms with van der Waals surface area (Å²) in [6.07, 6.45) is -4.54. The molecular formula is C20H23BrF3N3O3S. The van der Waals surface area contributed by atoms with E-state index in [1.54, 1.807) is 25.1 Å². The Bertz CT molecular complexity index is 1000. The molecule has 2 unspecified atom stereocenters. The van der Waals surface area contributed by atoms with Gasteiger partial charge in [0.05, 0.1) is 6.10 Å². The number of rotatable bonds is 7. The lowest BCUT2D eigenvalue weighted by molar-refractivity contribution is -0.243. The molecule has 0 saturated carbocycles. The summed E-state index contributed by atoms with van der Waals surface area (Å²) in [5, 5.41) is 2.95. The number of nitrogens with one attached hydrogen (secondary N) is 2. The average Bonchev–Trinajstić information content (AvgIpc) is 2.71. The second kappa shape index (κ2) is 9.85. The first-order chi connectivity index (χ1) is 14.5. The molecule has 1 aromatic carbocycles. The van der Waals surface area contributed by atoms with E-state index in [4.69, 9.17) is 4.74 Å². The zero-order chi connectivity index (χ0) is 22.6. The van der Waals surface area contributed by atoms with Gasteiger partial charge < -0.3 is 10.1 Å². The van der Waals surface area contributed by atoms with Gasteiger partial charge in [0, 0.05) is 23.8 Å². The number of anilines is 1. The van der Waals surface area contributed by atoms with Crippen molar-refractivity contribution in [2.75, 3.05) is 11.9 Å². The third-order valence-corrected chi connectivity index (χ3v) is 7.02. The first-order valence-corrected chi connectivity index (χ1v) is 12.0. The van der Waals surface area contributed by atoms with E-state index >= 15 is 0 Å². The van der Waals surface area contributed by atoms with E-state index in [-0.39, 0.29) is 24.4 Å². The van der Waals surface area contributed by atoms with E-state index in [0.717, 1.165) is 10.0 Å². The highest BCUT2D eigenvalue weighted by molar-refractivity contribution is 9.10. The molecule has 1 saturated heterocycles. The number of sulfonamides is 1. The maximum atomic E-state index is 12.9. The van der Waals surface area contributed by atoms with Crippen LogP contribution in [0.25, 0.3) is 0 Å². The van der Waals surface area contributed by atoms with Gasteiger partial charge in [-0.3, -0.25) is 0 Å². The smallest absolute Gasteiger partial charge is 0.367 e. The van der Waals surface area contributed by atoms with Gasteiger partial charge in [-0.25, -0.2) is 18.1 Å². The molecule has 1 aliphatic heterocycles. The van der Waals surface area contributed by atoms with Crippen LogP contribution in [0.5, 0.6) is 0 Å². The van der Waals surface area contributed by atoms with E-state index in [1.807, 2.05) is 12.1 Å². The topological polar surface area (TPSA) is 80.3 Å². The summed E-state index contributed by atoms with van der Waals surface area (Å²) in [7, 11) is -3.78. The fourth-order valence-corrected chi connectivity index (χ4v) is 4.74. The van der Waals surface area contributed by atoms with Crippen molar-refractivity contribution in [2.45, 2.75) is 56.0 Å². The minimum Gasteiger partial charge on any atom is -0.367 e. The Balaban J connectivity index is 1.59. The predicted octanol–water partition coefficient (Wildman–Crippen LogP) is 4.54. The molecule has 2 atom stereocenters. The molecule has 2 aromatic rings. The number of ether oxygens (including phenoxy) is 1. The van der Waals surface area contributed by atoms with E-state index in [0.29, 0.717) is 24.2 Å². The summed E-state index contributed by atoms with van der Waals surface area (Å²) >= 11 is 3.33. The summed E-state index contributed by atoms with van der Waals surface area (Å²) < 4.78 is 72.4. The molecule has 2 N–H and O–H groups in total. The van der Waals surface area contributed by atoms with Crippen molar-refractivity contribution in [3.05, 3.63) is 52.1 Å². The number of nitrogens with zero attached hydrogens (tertiary/aromatic N) is 1. The highest BCUT2D eigenvalue weighted by atomic mass is 79.9. The highest BCUT2D eigenvalue weighted by Gasteiger charge is 2.43. The SMILES string of the molecule is Cc1cc(NCC2CCCC(C(F)(F)F)O2)ncc1S(=O)(=O)NCc1ccc(Br)cc1. The lowest BCUT2D eigenvalue weighted by Gasteiger charge is -2.31. The van der Waals surface area contributed by atoms with Crippen LogP contribution in [0.2, 0.25) is 0 Å². The van der Waals surface area contributed by atoms with Crippen LogP contribution in [0.15, 0.2) is 45.9 Å². The number of hydrogen-bond donors (Lipinski definition) is 2. The largest absolute Gasteiger partial charge is 0.414 e. The van der Waals surface area contributed by atoms with Gasteiger partial charge in [0.2, 0.25) is 10.0 Å². The molecule has 11 heteroatoms. The Morgan fingerprint density at radius 3 is 2.58 bits per heavy atom. The number of benzene rings is 1. The van der Waals surface area contributed by atoms with Crippen LogP contribution in [0.1, 0.15) is 30.4 Å². The van der Waals surface area contributed by atoms with E-state index in [9.17, 15) is 21.6 Å². The second-order valence-corrected chi connectivity index (χ2v) is 10.0. The van der Waals surface area contributed by atoms with Gasteiger partial charge in [0.1, 0.15) is 10.7 Å². The standard InChI is InChI=1S/C20H23BrF3N3O3S/c1-13-9-19(25-11-16-3-2-4-18(30-16)20(22,23)24)26-12-17(13)31(28,29)27-10-14-5-7-15(21)8-6-14/h5-9,12,16,18,27H,2-4,10-11H2,1H3,(H,25,26). The zero-order valence-corrected chi connectivity index (χ0v) is 19.1. The Hall–Kier alpha value is -1.69. The summed E-state index contributed by atoms with van der Waals surface area (Å²) in [5.74, 6) is 0.377. The molecule has 31 heavy (non-hydrogen) atoms. The molecule has 0 spiro atoms. The zero-order valence-electron chi connectivity index (χ0n) is 16.7. The normalized spacial score (nSPS) is 19.9. The number of aryl methyl sites for hydroxylation is 1. The van der Waals surface area contributed by atoms with Crippen molar-refractivity contribution in [1.82, 2.24) is 9.71 Å². The Morgan fingerprint density at radius 2 is 1.94 bits per heavy atom. The number of alkyl halides is 3. The summed E-state index contributed by atoms with van der Waals surface area (Å²) in [4.78, 5) is 4.15. The number of hydrogen-bond acceptors (Lipinski definition) is 5. The Kier molecular flexibility index (Phi) is 7.61. The molecule has 0 radical (unpaired) electrons. The Morgan fingerprint density at radius 1 is 1.23 bits per heavy atom. The summed E-state index contributed by atoms with van der Waals surface area (Å²) in [5.41, 5.74) is 1.28. The van der Waals surface area contributed by atoms with Crippen molar-refractivity contribution in [2.24, 2.45) is 0 Å². The molecular weight excluding hydrogens is 499 g/mol. The van der Waals surface area contributed by atoms with Gasteiger partial charge in [-0.05, 0) is 55.5 Å². The highest BCUT2D eigenvalue weighted by Crippen LogP contribution is 2.32. The van der Waals surface area contributed by atoms with Gasteiger partial charge in [0.25, 0.3) is 0 Å². The number of pyridine rings is 1.